The third-order valence-electron chi connectivity index (χ3n) is 6.33. The molecule has 206 valence electrons. The quantitative estimate of drug-likeness (QED) is 0.353. The van der Waals surface area contributed by atoms with Gasteiger partial charge >= 0.3 is 0 Å². The van der Waals surface area contributed by atoms with Crippen molar-refractivity contribution < 1.29 is 33.6 Å². The topological polar surface area (TPSA) is 121 Å². The Balaban J connectivity index is 0.000000216. The maximum atomic E-state index is 12.2. The van der Waals surface area contributed by atoms with Gasteiger partial charge in [-0.25, -0.2) is 0 Å². The van der Waals surface area contributed by atoms with Gasteiger partial charge in [-0.3, -0.25) is 19.2 Å². The van der Waals surface area contributed by atoms with Gasteiger partial charge in [0.15, 0.2) is 23.1 Å². The smallest absolute Gasteiger partial charge is 0.229 e. The van der Waals surface area contributed by atoms with Crippen molar-refractivity contribution >= 4 is 49.6 Å². The summed E-state index contributed by atoms with van der Waals surface area (Å²) in [4.78, 5) is 57.2. The van der Waals surface area contributed by atoms with E-state index in [-0.39, 0.29) is 41.8 Å². The van der Waals surface area contributed by atoms with E-state index in [0.717, 1.165) is 15.7 Å². The Morgan fingerprint density at radius 1 is 0.821 bits per heavy atom. The third kappa shape index (κ3) is 8.16. The molecule has 0 saturated heterocycles. The van der Waals surface area contributed by atoms with Crippen LogP contribution in [0.15, 0.2) is 46.7 Å². The fourth-order valence-corrected chi connectivity index (χ4v) is 4.61. The number of hydrogen-bond acceptors (Lipinski definition) is 9. The highest BCUT2D eigenvalue weighted by Gasteiger charge is 2.26. The lowest BCUT2D eigenvalue weighted by Crippen LogP contribution is -2.15. The molecule has 2 atom stereocenters. The van der Waals surface area contributed by atoms with E-state index in [9.17, 15) is 19.2 Å². The van der Waals surface area contributed by atoms with E-state index in [0.29, 0.717) is 47.4 Å². The molecule has 0 bridgehead atoms. The number of ether oxygens (including phenoxy) is 1. The number of oxime groups is 2. The Morgan fingerprint density at radius 3 is 1.64 bits per heavy atom. The Bertz CT molecular complexity index is 1350. The lowest BCUT2D eigenvalue weighted by Gasteiger charge is -2.09. The second-order valence-electron chi connectivity index (χ2n) is 9.45. The number of carbonyl (C=O) groups is 4. The van der Waals surface area contributed by atoms with Gasteiger partial charge in [0.25, 0.3) is 0 Å². The summed E-state index contributed by atoms with van der Waals surface area (Å²) < 4.78 is 5.70. The summed E-state index contributed by atoms with van der Waals surface area (Å²) >= 11 is 3.24. The number of nitrogens with zero attached hydrogens (tertiary/aromatic N) is 2. The largest absolute Gasteiger partial charge is 0.482 e. The van der Waals surface area contributed by atoms with Crippen LogP contribution in [0.3, 0.4) is 0 Å². The first-order chi connectivity index (χ1) is 18.5. The van der Waals surface area contributed by atoms with E-state index in [1.54, 1.807) is 36.4 Å². The van der Waals surface area contributed by atoms with Crippen molar-refractivity contribution in [2.45, 2.75) is 65.6 Å². The molecule has 0 N–H and O–H groups in total. The zero-order valence-electron chi connectivity index (χ0n) is 22.6. The predicted octanol–water partition coefficient (Wildman–Crippen LogP) is 5.79. The molecule has 9 nitrogen and oxygen atoms in total. The maximum absolute atomic E-state index is 12.2. The number of benzene rings is 2. The second-order valence-corrected chi connectivity index (χ2v) is 10.4. The summed E-state index contributed by atoms with van der Waals surface area (Å²) in [6, 6.07) is 10.2. The molecular formula is C29H31BrN2O7. The van der Waals surface area contributed by atoms with E-state index in [2.05, 4.69) is 26.2 Å². The first-order valence-corrected chi connectivity index (χ1v) is 13.2. The number of hydrogen-bond donors (Lipinski definition) is 0. The Morgan fingerprint density at radius 2 is 1.28 bits per heavy atom. The Labute approximate surface area is 235 Å². The number of rotatable bonds is 8. The summed E-state index contributed by atoms with van der Waals surface area (Å²) in [6.45, 7) is 6.68. The molecule has 2 aliphatic rings. The van der Waals surface area contributed by atoms with E-state index in [1.165, 1.54) is 21.0 Å². The fourth-order valence-electron chi connectivity index (χ4n) is 4.16. The standard InChI is InChI=1S/C15H17NO4.C14H14BrNO3/c1-9-6-11(10(2)17)4-5-13(9)14(18)7-12-8-15(19-3)16-20-12;1-8-5-10(9(2)17)3-4-12(8)13(18)6-11-7-14(15)16-19-11/h4-6,12H,7-8H2,1-3H3;3-5,11H,6-7H2,1-2H3. The van der Waals surface area contributed by atoms with Crippen LogP contribution in [0.5, 0.6) is 0 Å². The highest BCUT2D eigenvalue weighted by Crippen LogP contribution is 2.22. The van der Waals surface area contributed by atoms with Crippen molar-refractivity contribution in [1.82, 2.24) is 0 Å². The van der Waals surface area contributed by atoms with Crippen molar-refractivity contribution in [3.05, 3.63) is 69.8 Å². The first kappa shape index (κ1) is 29.9. The zero-order chi connectivity index (χ0) is 28.7. The minimum atomic E-state index is -0.274. The molecular weight excluding hydrogens is 568 g/mol. The average Bonchev–Trinajstić information content (AvgIpc) is 3.52. The van der Waals surface area contributed by atoms with E-state index in [4.69, 9.17) is 14.4 Å². The minimum Gasteiger partial charge on any atom is -0.482 e. The minimum absolute atomic E-state index is 0.00134. The predicted molar refractivity (Wildman–Crippen MR) is 150 cm³/mol. The highest BCUT2D eigenvalue weighted by atomic mass is 79.9. The fraction of sp³-hybridized carbons (Fsp3) is 0.379. The summed E-state index contributed by atoms with van der Waals surface area (Å²) in [5.41, 5.74) is 4.10. The molecule has 2 heterocycles. The van der Waals surface area contributed by atoms with Crippen molar-refractivity contribution in [3.8, 4) is 0 Å². The molecule has 2 unspecified atom stereocenters. The van der Waals surface area contributed by atoms with Crippen LogP contribution in [0.2, 0.25) is 0 Å². The van der Waals surface area contributed by atoms with Crippen LogP contribution in [0, 0.1) is 13.8 Å². The normalized spacial score (nSPS) is 17.6. The molecule has 0 aliphatic carbocycles. The molecule has 2 aliphatic heterocycles. The van der Waals surface area contributed by atoms with Crippen molar-refractivity contribution in [1.29, 1.82) is 0 Å². The van der Waals surface area contributed by atoms with Crippen molar-refractivity contribution in [2.75, 3.05) is 7.11 Å². The summed E-state index contributed by atoms with van der Waals surface area (Å²) in [6.07, 6.45) is 1.19. The molecule has 0 fully saturated rings. The highest BCUT2D eigenvalue weighted by molar-refractivity contribution is 9.18. The van der Waals surface area contributed by atoms with Gasteiger partial charge in [0.2, 0.25) is 5.90 Å². The molecule has 0 spiro atoms. The maximum Gasteiger partial charge on any atom is 0.229 e. The Hall–Kier alpha value is -3.66. The van der Waals surface area contributed by atoms with E-state index < -0.39 is 0 Å². The van der Waals surface area contributed by atoms with E-state index >= 15 is 0 Å². The molecule has 2 aromatic rings. The number of halogens is 1. The van der Waals surface area contributed by atoms with Crippen LogP contribution in [-0.4, -0.2) is 53.0 Å². The molecule has 2 aromatic carbocycles. The van der Waals surface area contributed by atoms with Crippen LogP contribution >= 0.6 is 15.9 Å². The molecule has 39 heavy (non-hydrogen) atoms. The van der Waals surface area contributed by atoms with Gasteiger partial charge in [0, 0.05) is 28.7 Å². The molecule has 0 saturated carbocycles. The van der Waals surface area contributed by atoms with Crippen LogP contribution in [0.25, 0.3) is 0 Å². The SMILES string of the molecule is CC(=O)c1ccc(C(=O)CC2CC(Br)=NO2)c(C)c1.COC1=NOC(CC(=O)c2ccc(C(C)=O)cc2C)C1. The second kappa shape index (κ2) is 13.4. The monoisotopic (exact) mass is 598 g/mol. The van der Waals surface area contributed by atoms with Crippen molar-refractivity contribution in [2.24, 2.45) is 10.3 Å². The van der Waals surface area contributed by atoms with Gasteiger partial charge in [0.1, 0.15) is 16.8 Å². The average molecular weight is 599 g/mol. The summed E-state index contributed by atoms with van der Waals surface area (Å²) in [7, 11) is 1.52. The summed E-state index contributed by atoms with van der Waals surface area (Å²) in [5, 5.41) is 7.50. The zero-order valence-corrected chi connectivity index (χ0v) is 24.2. The molecule has 0 amide bonds. The first-order valence-electron chi connectivity index (χ1n) is 12.4. The van der Waals surface area contributed by atoms with Crippen LogP contribution in [0.4, 0.5) is 0 Å². The molecule has 0 radical (unpaired) electrons. The van der Waals surface area contributed by atoms with Gasteiger partial charge in [0.05, 0.1) is 26.4 Å². The van der Waals surface area contributed by atoms with Gasteiger partial charge in [-0.15, -0.1) is 0 Å². The van der Waals surface area contributed by atoms with Crippen LogP contribution < -0.4 is 0 Å². The molecule has 4 rings (SSSR count). The lowest BCUT2D eigenvalue weighted by molar-refractivity contribution is 0.0651. The van der Waals surface area contributed by atoms with Gasteiger partial charge in [-0.2, -0.15) is 0 Å². The number of methoxy groups -OCH3 is 1. The van der Waals surface area contributed by atoms with E-state index in [1.807, 2.05) is 13.8 Å². The van der Waals surface area contributed by atoms with Crippen LogP contribution in [-0.2, 0) is 14.4 Å². The molecule has 0 aromatic heterocycles. The van der Waals surface area contributed by atoms with Crippen molar-refractivity contribution in [3.63, 3.8) is 0 Å². The number of ketones is 4. The number of carbonyl (C=O) groups excluding carboxylic acids is 4. The van der Waals surface area contributed by atoms with Crippen LogP contribution in [0.1, 0.15) is 92.1 Å². The van der Waals surface area contributed by atoms with Gasteiger partial charge in [-0.1, -0.05) is 34.6 Å². The van der Waals surface area contributed by atoms with Gasteiger partial charge in [-0.05, 0) is 66.9 Å². The lowest BCUT2D eigenvalue weighted by atomic mass is 9.97. The number of aryl methyl sites for hydroxylation is 2. The Kier molecular flexibility index (Phi) is 10.3. The molecule has 10 heteroatoms. The summed E-state index contributed by atoms with van der Waals surface area (Å²) in [5.74, 6) is 0.486. The van der Waals surface area contributed by atoms with Gasteiger partial charge < -0.3 is 14.4 Å². The number of Topliss-reactive ketones (excluding diaryl/α,β-unsaturated/α-hetero) is 4. The third-order valence-corrected chi connectivity index (χ3v) is 6.80.